The van der Waals surface area contributed by atoms with Gasteiger partial charge in [-0.25, -0.2) is 20.0 Å². The molecular formula is C29H40N2O6. The summed E-state index contributed by atoms with van der Waals surface area (Å²) < 4.78 is 10.8. The number of amides is 1. The zero-order valence-electron chi connectivity index (χ0n) is 22.5. The number of carboxylic acids is 1. The number of nitrogens with zero attached hydrogens (tertiary/aromatic N) is 1. The fourth-order valence-corrected chi connectivity index (χ4v) is 3.75. The fraction of sp³-hybridized carbons (Fsp3) is 0.483. The molecule has 0 bridgehead atoms. The van der Waals surface area contributed by atoms with Gasteiger partial charge in [-0.3, -0.25) is 4.79 Å². The first-order valence-electron chi connectivity index (χ1n) is 12.8. The van der Waals surface area contributed by atoms with Crippen molar-refractivity contribution in [2.75, 3.05) is 6.61 Å². The van der Waals surface area contributed by atoms with Gasteiger partial charge in [-0.2, -0.15) is 0 Å². The van der Waals surface area contributed by atoms with Gasteiger partial charge < -0.3 is 14.6 Å². The maximum absolute atomic E-state index is 13.3. The van der Waals surface area contributed by atoms with E-state index in [-0.39, 0.29) is 19.4 Å². The van der Waals surface area contributed by atoms with Crippen LogP contribution in [0, 0.1) is 0 Å². The number of benzene rings is 2. The van der Waals surface area contributed by atoms with Gasteiger partial charge in [-0.15, -0.1) is 0 Å². The molecule has 8 heteroatoms. The Kier molecular flexibility index (Phi) is 11.6. The largest absolute Gasteiger partial charge is 0.480 e. The van der Waals surface area contributed by atoms with Crippen molar-refractivity contribution in [3.05, 3.63) is 71.3 Å². The van der Waals surface area contributed by atoms with Crippen molar-refractivity contribution in [1.29, 1.82) is 0 Å². The van der Waals surface area contributed by atoms with Crippen LogP contribution < -0.4 is 5.43 Å². The van der Waals surface area contributed by atoms with Gasteiger partial charge in [0.2, 0.25) is 0 Å². The minimum absolute atomic E-state index is 0.101. The van der Waals surface area contributed by atoms with Crippen LogP contribution in [0.15, 0.2) is 54.6 Å². The van der Waals surface area contributed by atoms with Gasteiger partial charge >= 0.3 is 18.0 Å². The third kappa shape index (κ3) is 10.2. The molecular weight excluding hydrogens is 472 g/mol. The van der Waals surface area contributed by atoms with Crippen molar-refractivity contribution >= 4 is 18.0 Å². The van der Waals surface area contributed by atoms with E-state index in [2.05, 4.69) is 12.3 Å². The van der Waals surface area contributed by atoms with E-state index in [0.29, 0.717) is 0 Å². The van der Waals surface area contributed by atoms with Crippen LogP contribution in [0.3, 0.4) is 0 Å². The first-order chi connectivity index (χ1) is 17.5. The molecule has 2 aromatic carbocycles. The number of unbranched alkanes of at least 4 members (excludes halogenated alkanes) is 1. The molecule has 1 amide bonds. The van der Waals surface area contributed by atoms with Crippen LogP contribution >= 0.6 is 0 Å². The molecule has 0 aliphatic rings. The van der Waals surface area contributed by atoms with E-state index >= 15 is 0 Å². The summed E-state index contributed by atoms with van der Waals surface area (Å²) in [6.07, 6.45) is 2.50. The summed E-state index contributed by atoms with van der Waals surface area (Å²) in [5, 5.41) is 11.0. The second-order valence-electron chi connectivity index (χ2n) is 9.95. The molecule has 2 rings (SSSR count). The third-order valence-corrected chi connectivity index (χ3v) is 5.61. The summed E-state index contributed by atoms with van der Waals surface area (Å²) in [7, 11) is 0. The van der Waals surface area contributed by atoms with Crippen LogP contribution in [0.5, 0.6) is 0 Å². The standard InChI is InChI=1S/C29H40N2O6/c1-6-8-12-21-15-17-23(18-16-21)19-24(26(32)33)30-31(28(35)37-29(3,4)5)25(27(34)36-7-2)20-22-13-10-9-11-14-22/h9-11,13-18,24-25,30H,6-8,12,19-20H2,1-5H3,(H,32,33)/t24-,25-/m0/s1. The van der Waals surface area contributed by atoms with Gasteiger partial charge in [0.25, 0.3) is 0 Å². The quantitative estimate of drug-likeness (QED) is 0.289. The number of carbonyl (C=O) groups excluding carboxylic acids is 2. The van der Waals surface area contributed by atoms with Gasteiger partial charge in [0.15, 0.2) is 6.04 Å². The predicted molar refractivity (Wildman–Crippen MR) is 142 cm³/mol. The summed E-state index contributed by atoms with van der Waals surface area (Å²) >= 11 is 0. The molecule has 202 valence electrons. The first-order valence-corrected chi connectivity index (χ1v) is 12.8. The summed E-state index contributed by atoms with van der Waals surface area (Å²) in [5.41, 5.74) is 4.69. The van der Waals surface area contributed by atoms with Crippen LogP contribution in [0.2, 0.25) is 0 Å². The highest BCUT2D eigenvalue weighted by atomic mass is 16.6. The monoisotopic (exact) mass is 512 g/mol. The Morgan fingerprint density at radius 3 is 2.05 bits per heavy atom. The van der Waals surface area contributed by atoms with E-state index in [0.717, 1.165) is 35.4 Å². The maximum atomic E-state index is 13.3. The van der Waals surface area contributed by atoms with Gasteiger partial charge in [-0.05, 0) is 57.2 Å². The number of nitrogens with one attached hydrogen (secondary N) is 1. The second kappa shape index (κ2) is 14.4. The van der Waals surface area contributed by atoms with Crippen LogP contribution in [0.25, 0.3) is 0 Å². The molecule has 37 heavy (non-hydrogen) atoms. The molecule has 0 fully saturated rings. The number of esters is 1. The molecule has 8 nitrogen and oxygen atoms in total. The van der Waals surface area contributed by atoms with Gasteiger partial charge in [-0.1, -0.05) is 67.9 Å². The maximum Gasteiger partial charge on any atom is 0.425 e. The minimum atomic E-state index is -1.19. The molecule has 0 spiro atoms. The van der Waals surface area contributed by atoms with E-state index in [9.17, 15) is 19.5 Å². The average Bonchev–Trinajstić information content (AvgIpc) is 2.84. The highest BCUT2D eigenvalue weighted by Crippen LogP contribution is 2.17. The molecule has 0 heterocycles. The number of carbonyl (C=O) groups is 3. The molecule has 0 saturated carbocycles. The minimum Gasteiger partial charge on any atom is -0.480 e. The second-order valence-corrected chi connectivity index (χ2v) is 9.95. The third-order valence-electron chi connectivity index (χ3n) is 5.61. The van der Waals surface area contributed by atoms with Crippen LogP contribution in [0.1, 0.15) is 64.2 Å². The Bertz CT molecular complexity index is 1000. The number of rotatable bonds is 13. The lowest BCUT2D eigenvalue weighted by Gasteiger charge is -2.34. The highest BCUT2D eigenvalue weighted by molar-refractivity contribution is 5.82. The molecule has 2 N–H and O–H groups in total. The van der Waals surface area contributed by atoms with Crippen LogP contribution in [0.4, 0.5) is 4.79 Å². The number of hydrazine groups is 1. The Morgan fingerprint density at radius 2 is 1.51 bits per heavy atom. The Labute approximate surface area is 219 Å². The summed E-state index contributed by atoms with van der Waals surface area (Å²) in [5.74, 6) is -1.82. The van der Waals surface area contributed by atoms with Crippen molar-refractivity contribution in [3.63, 3.8) is 0 Å². The molecule has 2 atom stereocenters. The zero-order valence-corrected chi connectivity index (χ0v) is 22.5. The average molecular weight is 513 g/mol. The lowest BCUT2D eigenvalue weighted by molar-refractivity contribution is -0.153. The first kappa shape index (κ1) is 29.8. The zero-order chi connectivity index (χ0) is 27.4. The van der Waals surface area contributed by atoms with Gasteiger partial charge in [0.1, 0.15) is 11.6 Å². The lowest BCUT2D eigenvalue weighted by Crippen LogP contribution is -2.60. The predicted octanol–water partition coefficient (Wildman–Crippen LogP) is 4.94. The summed E-state index contributed by atoms with van der Waals surface area (Å²) in [6, 6.07) is 14.6. The normalized spacial score (nSPS) is 12.9. The van der Waals surface area contributed by atoms with Gasteiger partial charge in [0.05, 0.1) is 6.61 Å². The molecule has 0 saturated heterocycles. The summed E-state index contributed by atoms with van der Waals surface area (Å²) in [6.45, 7) is 9.03. The number of aryl methyl sites for hydroxylation is 1. The van der Waals surface area contributed by atoms with Crippen molar-refractivity contribution in [2.24, 2.45) is 0 Å². The highest BCUT2D eigenvalue weighted by Gasteiger charge is 2.37. The number of carboxylic acid groups (broad SMARTS) is 1. The number of aliphatic carboxylic acids is 1. The smallest absolute Gasteiger partial charge is 0.425 e. The van der Waals surface area contributed by atoms with Crippen LogP contribution in [-0.4, -0.2) is 52.4 Å². The molecule has 0 aliphatic heterocycles. The van der Waals surface area contributed by atoms with E-state index in [4.69, 9.17) is 9.47 Å². The Morgan fingerprint density at radius 1 is 0.919 bits per heavy atom. The lowest BCUT2D eigenvalue weighted by atomic mass is 10.0. The Hall–Kier alpha value is -3.39. The van der Waals surface area contributed by atoms with Crippen molar-refractivity contribution < 1.29 is 29.0 Å². The van der Waals surface area contributed by atoms with E-state index < -0.39 is 35.7 Å². The van der Waals surface area contributed by atoms with Gasteiger partial charge in [0, 0.05) is 12.8 Å². The van der Waals surface area contributed by atoms with Crippen LogP contribution in [-0.2, 0) is 38.3 Å². The molecule has 0 radical (unpaired) electrons. The number of hydrogen-bond donors (Lipinski definition) is 2. The van der Waals surface area contributed by atoms with E-state index in [1.807, 2.05) is 54.6 Å². The topological polar surface area (TPSA) is 105 Å². The molecule has 0 aromatic heterocycles. The Balaban J connectivity index is 2.37. The van der Waals surface area contributed by atoms with Crippen molar-refractivity contribution in [3.8, 4) is 0 Å². The molecule has 0 aliphatic carbocycles. The summed E-state index contributed by atoms with van der Waals surface area (Å²) in [4.78, 5) is 38.6. The van der Waals surface area contributed by atoms with E-state index in [1.54, 1.807) is 27.7 Å². The molecule has 0 unspecified atom stereocenters. The van der Waals surface area contributed by atoms with E-state index in [1.165, 1.54) is 5.56 Å². The number of hydrogen-bond acceptors (Lipinski definition) is 6. The molecule has 2 aromatic rings. The fourth-order valence-electron chi connectivity index (χ4n) is 3.75. The number of ether oxygens (including phenoxy) is 2. The van der Waals surface area contributed by atoms with Crippen molar-refractivity contribution in [1.82, 2.24) is 10.4 Å². The van der Waals surface area contributed by atoms with Crippen molar-refractivity contribution in [2.45, 2.75) is 84.4 Å². The SMILES string of the molecule is CCCCc1ccc(C[C@H](NN(C(=O)OC(C)(C)C)[C@@H](Cc2ccccc2)C(=O)OCC)C(=O)O)cc1.